The molecule has 2 N–H and O–H groups in total. The molecular formula is C25H23ClN4O3S. The van der Waals surface area contributed by atoms with Crippen LogP contribution in [0.15, 0.2) is 90.0 Å². The van der Waals surface area contributed by atoms with Crippen LogP contribution in [0, 0.1) is 0 Å². The fourth-order valence-electron chi connectivity index (χ4n) is 3.52. The summed E-state index contributed by atoms with van der Waals surface area (Å²) in [5, 5.41) is 7.67. The number of sulfonamides is 1. The van der Waals surface area contributed by atoms with Crippen LogP contribution in [0.1, 0.15) is 21.5 Å². The van der Waals surface area contributed by atoms with Gasteiger partial charge in [0.15, 0.2) is 0 Å². The van der Waals surface area contributed by atoms with Crippen molar-refractivity contribution in [2.75, 3.05) is 7.05 Å². The van der Waals surface area contributed by atoms with E-state index in [2.05, 4.69) is 10.0 Å². The number of carbonyl (C=O) groups excluding carboxylic acids is 1. The first-order valence-corrected chi connectivity index (χ1v) is 12.4. The molecule has 0 saturated carbocycles. The van der Waals surface area contributed by atoms with Crippen LogP contribution >= 0.6 is 11.6 Å². The molecular weight excluding hydrogens is 472 g/mol. The number of benzene rings is 3. The fraction of sp³-hybridized carbons (Fsp3) is 0.120. The Morgan fingerprint density at radius 1 is 1.00 bits per heavy atom. The SMILES string of the molecule is CNS(=O)(=O)c1cc(C(=O)NCc2cn(Cc3ccccc3)nc2-c2ccccc2)ccc1Cl. The monoisotopic (exact) mass is 494 g/mol. The van der Waals surface area contributed by atoms with E-state index in [1.807, 2.05) is 71.5 Å². The minimum atomic E-state index is -3.80. The summed E-state index contributed by atoms with van der Waals surface area (Å²) in [6, 6.07) is 23.9. The highest BCUT2D eigenvalue weighted by molar-refractivity contribution is 7.89. The Bertz CT molecular complexity index is 1400. The van der Waals surface area contributed by atoms with Crippen LogP contribution in [-0.2, 0) is 23.1 Å². The number of nitrogens with one attached hydrogen (secondary N) is 2. The number of hydrogen-bond acceptors (Lipinski definition) is 4. The quantitative estimate of drug-likeness (QED) is 0.386. The number of aromatic nitrogens is 2. The Labute approximate surface area is 203 Å². The number of halogens is 1. The molecule has 0 atom stereocenters. The highest BCUT2D eigenvalue weighted by atomic mass is 35.5. The van der Waals surface area contributed by atoms with E-state index in [1.165, 1.54) is 25.2 Å². The Morgan fingerprint density at radius 2 is 1.68 bits per heavy atom. The molecule has 0 aliphatic rings. The van der Waals surface area contributed by atoms with Crippen LogP contribution in [0.4, 0.5) is 0 Å². The van der Waals surface area contributed by atoms with Crippen molar-refractivity contribution in [3.05, 3.63) is 107 Å². The first-order valence-electron chi connectivity index (χ1n) is 10.5. The van der Waals surface area contributed by atoms with Gasteiger partial charge in [-0.15, -0.1) is 0 Å². The van der Waals surface area contributed by atoms with Gasteiger partial charge in [0.05, 0.1) is 17.3 Å². The van der Waals surface area contributed by atoms with Gasteiger partial charge in [-0.25, -0.2) is 13.1 Å². The number of nitrogens with zero attached hydrogens (tertiary/aromatic N) is 2. The smallest absolute Gasteiger partial charge is 0.251 e. The van der Waals surface area contributed by atoms with Crippen LogP contribution in [-0.4, -0.2) is 31.2 Å². The standard InChI is InChI=1S/C25H23ClN4O3S/c1-27-34(32,33)23-14-20(12-13-22(23)26)25(31)28-15-21-17-30(16-18-8-4-2-5-9-18)29-24(21)19-10-6-3-7-11-19/h2-14,17,27H,15-16H2,1H3,(H,28,31). The van der Waals surface area contributed by atoms with Gasteiger partial charge >= 0.3 is 0 Å². The summed E-state index contributed by atoms with van der Waals surface area (Å²) >= 11 is 6.03. The summed E-state index contributed by atoms with van der Waals surface area (Å²) in [5.74, 6) is -0.418. The van der Waals surface area contributed by atoms with E-state index < -0.39 is 15.9 Å². The molecule has 0 bridgehead atoms. The van der Waals surface area contributed by atoms with E-state index in [4.69, 9.17) is 16.7 Å². The van der Waals surface area contributed by atoms with Gasteiger partial charge in [-0.1, -0.05) is 72.3 Å². The van der Waals surface area contributed by atoms with Gasteiger partial charge in [0.1, 0.15) is 4.90 Å². The summed E-state index contributed by atoms with van der Waals surface area (Å²) in [4.78, 5) is 12.7. The van der Waals surface area contributed by atoms with Crippen LogP contribution in [0.3, 0.4) is 0 Å². The Balaban J connectivity index is 1.58. The molecule has 9 heteroatoms. The average Bonchev–Trinajstić information content (AvgIpc) is 3.26. The van der Waals surface area contributed by atoms with Crippen LogP contribution in [0.2, 0.25) is 5.02 Å². The lowest BCUT2D eigenvalue weighted by Crippen LogP contribution is -2.24. The van der Waals surface area contributed by atoms with Gasteiger partial charge in [-0.2, -0.15) is 5.10 Å². The normalized spacial score (nSPS) is 11.4. The fourth-order valence-corrected chi connectivity index (χ4v) is 4.77. The second-order valence-corrected chi connectivity index (χ2v) is 9.85. The lowest BCUT2D eigenvalue weighted by Gasteiger charge is -2.09. The van der Waals surface area contributed by atoms with Gasteiger partial charge < -0.3 is 5.32 Å². The average molecular weight is 495 g/mol. The summed E-state index contributed by atoms with van der Waals surface area (Å²) in [5.41, 5.74) is 3.85. The maximum atomic E-state index is 12.8. The summed E-state index contributed by atoms with van der Waals surface area (Å²) in [7, 11) is -2.51. The third kappa shape index (κ3) is 5.36. The van der Waals surface area contributed by atoms with Crippen molar-refractivity contribution in [1.82, 2.24) is 19.8 Å². The highest BCUT2D eigenvalue weighted by Gasteiger charge is 2.19. The first-order chi connectivity index (χ1) is 16.4. The molecule has 4 rings (SSSR count). The molecule has 34 heavy (non-hydrogen) atoms. The second kappa shape index (κ2) is 10.2. The van der Waals surface area contributed by atoms with Crippen LogP contribution in [0.25, 0.3) is 11.3 Å². The van der Waals surface area contributed by atoms with Crippen LogP contribution in [0.5, 0.6) is 0 Å². The summed E-state index contributed by atoms with van der Waals surface area (Å²) in [6.07, 6.45) is 1.91. The van der Waals surface area contributed by atoms with Crippen molar-refractivity contribution < 1.29 is 13.2 Å². The zero-order valence-corrected chi connectivity index (χ0v) is 20.0. The molecule has 1 aromatic heterocycles. The minimum Gasteiger partial charge on any atom is -0.348 e. The molecule has 1 heterocycles. The predicted molar refractivity (Wildman–Crippen MR) is 132 cm³/mol. The van der Waals surface area contributed by atoms with E-state index >= 15 is 0 Å². The summed E-state index contributed by atoms with van der Waals surface area (Å²) < 4.78 is 28.4. The van der Waals surface area contributed by atoms with Crippen molar-refractivity contribution in [3.63, 3.8) is 0 Å². The molecule has 0 fully saturated rings. The molecule has 174 valence electrons. The van der Waals surface area contributed by atoms with Gasteiger partial charge in [0, 0.05) is 29.4 Å². The topological polar surface area (TPSA) is 93.1 Å². The van der Waals surface area contributed by atoms with E-state index in [-0.39, 0.29) is 22.0 Å². The molecule has 0 radical (unpaired) electrons. The molecule has 0 unspecified atom stereocenters. The molecule has 7 nitrogen and oxygen atoms in total. The van der Waals surface area contributed by atoms with Crippen molar-refractivity contribution in [3.8, 4) is 11.3 Å². The van der Waals surface area contributed by atoms with E-state index in [9.17, 15) is 13.2 Å². The lowest BCUT2D eigenvalue weighted by molar-refractivity contribution is 0.0950. The third-order valence-electron chi connectivity index (χ3n) is 5.26. The predicted octanol–water partition coefficient (Wildman–Crippen LogP) is 4.09. The van der Waals surface area contributed by atoms with Gasteiger partial charge in [0.2, 0.25) is 10.0 Å². The van der Waals surface area contributed by atoms with Crippen molar-refractivity contribution in [1.29, 1.82) is 0 Å². The second-order valence-electron chi connectivity index (χ2n) is 7.59. The molecule has 4 aromatic rings. The van der Waals surface area contributed by atoms with Crippen LogP contribution < -0.4 is 10.0 Å². The zero-order chi connectivity index (χ0) is 24.1. The van der Waals surface area contributed by atoms with Crippen molar-refractivity contribution >= 4 is 27.5 Å². The molecule has 0 aliphatic heterocycles. The highest BCUT2D eigenvalue weighted by Crippen LogP contribution is 2.24. The Hall–Kier alpha value is -3.46. The maximum Gasteiger partial charge on any atom is 0.251 e. The molecule has 0 saturated heterocycles. The zero-order valence-electron chi connectivity index (χ0n) is 18.4. The van der Waals surface area contributed by atoms with Gasteiger partial charge in [-0.3, -0.25) is 9.48 Å². The first kappa shape index (κ1) is 23.7. The van der Waals surface area contributed by atoms with Crippen molar-refractivity contribution in [2.24, 2.45) is 0 Å². The Kier molecular flexibility index (Phi) is 7.12. The number of rotatable bonds is 8. The maximum absolute atomic E-state index is 12.8. The van der Waals surface area contributed by atoms with E-state index in [0.29, 0.717) is 6.54 Å². The van der Waals surface area contributed by atoms with Crippen molar-refractivity contribution in [2.45, 2.75) is 18.0 Å². The number of hydrogen-bond donors (Lipinski definition) is 2. The third-order valence-corrected chi connectivity index (χ3v) is 7.16. The molecule has 0 aliphatic carbocycles. The lowest BCUT2D eigenvalue weighted by atomic mass is 10.1. The molecule has 1 amide bonds. The van der Waals surface area contributed by atoms with E-state index in [0.717, 1.165) is 22.4 Å². The van der Waals surface area contributed by atoms with Gasteiger partial charge in [-0.05, 0) is 30.8 Å². The van der Waals surface area contributed by atoms with E-state index in [1.54, 1.807) is 0 Å². The molecule has 0 spiro atoms. The van der Waals surface area contributed by atoms with Gasteiger partial charge in [0.25, 0.3) is 5.91 Å². The number of amides is 1. The molecule has 3 aromatic carbocycles. The largest absolute Gasteiger partial charge is 0.348 e. The summed E-state index contributed by atoms with van der Waals surface area (Å²) in [6.45, 7) is 0.811. The minimum absolute atomic E-state index is 0.0412. The number of carbonyl (C=O) groups is 1. The Morgan fingerprint density at radius 3 is 2.35 bits per heavy atom.